The molecule has 11 heavy (non-hydrogen) atoms. The number of aliphatic hydroxyl groups excluding tert-OH is 3. The maximum absolute atomic E-state index is 9.02. The molecule has 0 aromatic heterocycles. The van der Waals surface area contributed by atoms with Crippen molar-refractivity contribution in [3.63, 3.8) is 0 Å². The molecule has 0 amide bonds. The molecule has 66 valence electrons. The van der Waals surface area contributed by atoms with E-state index in [1.807, 2.05) is 0 Å². The van der Waals surface area contributed by atoms with Crippen LogP contribution in [0.25, 0.3) is 0 Å². The SMILES string of the molecule is N[C@@]1(O)O[C@@H](CO)[C@H](O)[C@@H]1O. The lowest BCUT2D eigenvalue weighted by Gasteiger charge is -2.19. The molecule has 6 N–H and O–H groups in total. The molecule has 0 bridgehead atoms. The van der Waals surface area contributed by atoms with Gasteiger partial charge < -0.3 is 25.2 Å². The van der Waals surface area contributed by atoms with Crippen molar-refractivity contribution in [2.45, 2.75) is 24.2 Å². The van der Waals surface area contributed by atoms with Crippen LogP contribution in [-0.4, -0.2) is 51.3 Å². The third-order valence-corrected chi connectivity index (χ3v) is 1.65. The zero-order chi connectivity index (χ0) is 8.65. The predicted molar refractivity (Wildman–Crippen MR) is 33.1 cm³/mol. The minimum Gasteiger partial charge on any atom is -0.394 e. The summed E-state index contributed by atoms with van der Waals surface area (Å²) in [5.41, 5.74) is 4.99. The number of hydrogen-bond acceptors (Lipinski definition) is 6. The second-order valence-electron chi connectivity index (χ2n) is 2.53. The van der Waals surface area contributed by atoms with Crippen molar-refractivity contribution in [2.24, 2.45) is 5.73 Å². The lowest BCUT2D eigenvalue weighted by atomic mass is 10.1. The third-order valence-electron chi connectivity index (χ3n) is 1.65. The van der Waals surface area contributed by atoms with Crippen LogP contribution in [-0.2, 0) is 4.74 Å². The smallest absolute Gasteiger partial charge is 0.252 e. The van der Waals surface area contributed by atoms with Crippen molar-refractivity contribution in [3.8, 4) is 0 Å². The van der Waals surface area contributed by atoms with Gasteiger partial charge in [-0.25, -0.2) is 0 Å². The highest BCUT2D eigenvalue weighted by atomic mass is 16.7. The van der Waals surface area contributed by atoms with Crippen LogP contribution in [0.5, 0.6) is 0 Å². The minimum absolute atomic E-state index is 0.502. The summed E-state index contributed by atoms with van der Waals surface area (Å²) in [6.45, 7) is -0.502. The van der Waals surface area contributed by atoms with Crippen molar-refractivity contribution in [3.05, 3.63) is 0 Å². The fraction of sp³-hybridized carbons (Fsp3) is 1.00. The zero-order valence-corrected chi connectivity index (χ0v) is 5.71. The quantitative estimate of drug-likeness (QED) is 0.260. The molecule has 1 heterocycles. The Morgan fingerprint density at radius 3 is 2.18 bits per heavy atom. The normalized spacial score (nSPS) is 51.5. The average molecular weight is 165 g/mol. The van der Waals surface area contributed by atoms with Gasteiger partial charge in [0.15, 0.2) is 6.10 Å². The maximum atomic E-state index is 9.02. The van der Waals surface area contributed by atoms with Gasteiger partial charge in [-0.3, -0.25) is 5.73 Å². The van der Waals surface area contributed by atoms with Crippen LogP contribution in [0.2, 0.25) is 0 Å². The molecule has 0 aromatic rings. The Morgan fingerprint density at radius 2 is 2.00 bits per heavy atom. The van der Waals surface area contributed by atoms with Gasteiger partial charge in [0.1, 0.15) is 12.2 Å². The van der Waals surface area contributed by atoms with E-state index in [4.69, 9.17) is 26.2 Å². The topological polar surface area (TPSA) is 116 Å². The van der Waals surface area contributed by atoms with E-state index < -0.39 is 30.8 Å². The molecule has 6 nitrogen and oxygen atoms in total. The lowest BCUT2D eigenvalue weighted by molar-refractivity contribution is -0.226. The summed E-state index contributed by atoms with van der Waals surface area (Å²) < 4.78 is 4.51. The fourth-order valence-corrected chi connectivity index (χ4v) is 0.975. The van der Waals surface area contributed by atoms with E-state index in [9.17, 15) is 0 Å². The van der Waals surface area contributed by atoms with E-state index in [0.29, 0.717) is 0 Å². The van der Waals surface area contributed by atoms with Gasteiger partial charge in [-0.05, 0) is 0 Å². The molecular formula is C5H11NO5. The Labute approximate surface area is 62.8 Å². The Hall–Kier alpha value is -0.240. The van der Waals surface area contributed by atoms with Crippen molar-refractivity contribution < 1.29 is 25.2 Å². The predicted octanol–water partition coefficient (Wildman–Crippen LogP) is -3.30. The van der Waals surface area contributed by atoms with Crippen LogP contribution in [0.15, 0.2) is 0 Å². The van der Waals surface area contributed by atoms with E-state index >= 15 is 0 Å². The molecule has 1 saturated heterocycles. The van der Waals surface area contributed by atoms with E-state index in [1.54, 1.807) is 0 Å². The van der Waals surface area contributed by atoms with Gasteiger partial charge in [-0.1, -0.05) is 0 Å². The number of aliphatic hydroxyl groups is 4. The standard InChI is InChI=1S/C5H11NO5/c6-5(10)4(9)3(8)2(1-7)11-5/h2-4,7-10H,1,6H2/t2-,3-,4-,5-/m0/s1. The molecule has 1 fully saturated rings. The van der Waals surface area contributed by atoms with Gasteiger partial charge >= 0.3 is 0 Å². The molecule has 4 atom stereocenters. The molecule has 0 radical (unpaired) electrons. The summed E-state index contributed by atoms with van der Waals surface area (Å²) in [6, 6.07) is 0. The highest BCUT2D eigenvalue weighted by Gasteiger charge is 2.50. The Bertz CT molecular complexity index is 150. The summed E-state index contributed by atoms with van der Waals surface area (Å²) >= 11 is 0. The molecule has 6 heteroatoms. The average Bonchev–Trinajstić information content (AvgIpc) is 2.13. The monoisotopic (exact) mass is 165 g/mol. The van der Waals surface area contributed by atoms with Crippen LogP contribution in [0.4, 0.5) is 0 Å². The highest BCUT2D eigenvalue weighted by molar-refractivity contribution is 4.91. The second-order valence-corrected chi connectivity index (χ2v) is 2.53. The van der Waals surface area contributed by atoms with Crippen molar-refractivity contribution >= 4 is 0 Å². The first-order valence-corrected chi connectivity index (χ1v) is 3.15. The Morgan fingerprint density at radius 1 is 1.45 bits per heavy atom. The molecule has 1 rings (SSSR count). The Balaban J connectivity index is 2.69. The van der Waals surface area contributed by atoms with Crippen molar-refractivity contribution in [2.75, 3.05) is 6.61 Å². The second kappa shape index (κ2) is 2.67. The largest absolute Gasteiger partial charge is 0.394 e. The lowest BCUT2D eigenvalue weighted by Crippen LogP contribution is -2.50. The van der Waals surface area contributed by atoms with E-state index in [2.05, 4.69) is 4.74 Å². The summed E-state index contributed by atoms with van der Waals surface area (Å²) in [4.78, 5) is 0. The molecule has 0 aromatic carbocycles. The molecular weight excluding hydrogens is 154 g/mol. The number of ether oxygens (including phenoxy) is 1. The first-order chi connectivity index (χ1) is 4.99. The van der Waals surface area contributed by atoms with Crippen molar-refractivity contribution in [1.29, 1.82) is 0 Å². The Kier molecular flexibility index (Phi) is 2.15. The first-order valence-electron chi connectivity index (χ1n) is 3.15. The maximum Gasteiger partial charge on any atom is 0.252 e. The zero-order valence-electron chi connectivity index (χ0n) is 5.71. The molecule has 0 spiro atoms. The van der Waals surface area contributed by atoms with Gasteiger partial charge in [0.2, 0.25) is 0 Å². The summed E-state index contributed by atoms with van der Waals surface area (Å²) in [7, 11) is 0. The first kappa shape index (κ1) is 8.85. The van der Waals surface area contributed by atoms with Gasteiger partial charge in [-0.15, -0.1) is 0 Å². The molecule has 0 unspecified atom stereocenters. The molecule has 0 aliphatic carbocycles. The number of nitrogens with two attached hydrogens (primary N) is 1. The third kappa shape index (κ3) is 1.36. The van der Waals surface area contributed by atoms with Crippen LogP contribution >= 0.6 is 0 Å². The van der Waals surface area contributed by atoms with Gasteiger partial charge in [-0.2, -0.15) is 0 Å². The van der Waals surface area contributed by atoms with Gasteiger partial charge in [0.25, 0.3) is 5.91 Å². The van der Waals surface area contributed by atoms with Gasteiger partial charge in [0.05, 0.1) is 6.61 Å². The van der Waals surface area contributed by atoms with Crippen LogP contribution < -0.4 is 5.73 Å². The van der Waals surface area contributed by atoms with Crippen LogP contribution in [0.1, 0.15) is 0 Å². The van der Waals surface area contributed by atoms with Crippen LogP contribution in [0, 0.1) is 0 Å². The van der Waals surface area contributed by atoms with E-state index in [0.717, 1.165) is 0 Å². The van der Waals surface area contributed by atoms with E-state index in [-0.39, 0.29) is 0 Å². The molecule has 1 aliphatic heterocycles. The van der Waals surface area contributed by atoms with Gasteiger partial charge in [0, 0.05) is 0 Å². The number of hydrogen-bond donors (Lipinski definition) is 5. The molecule has 1 aliphatic rings. The highest BCUT2D eigenvalue weighted by Crippen LogP contribution is 2.24. The summed E-state index contributed by atoms with van der Waals surface area (Å²) in [5, 5.41) is 35.5. The van der Waals surface area contributed by atoms with E-state index in [1.165, 1.54) is 0 Å². The summed E-state index contributed by atoms with van der Waals surface area (Å²) in [6.07, 6.45) is -3.96. The molecule has 0 saturated carbocycles. The summed E-state index contributed by atoms with van der Waals surface area (Å²) in [5.74, 6) is -2.26. The van der Waals surface area contributed by atoms with Crippen LogP contribution in [0.3, 0.4) is 0 Å². The fourth-order valence-electron chi connectivity index (χ4n) is 0.975. The van der Waals surface area contributed by atoms with Crippen molar-refractivity contribution in [1.82, 2.24) is 0 Å². The number of rotatable bonds is 1. The minimum atomic E-state index is -2.26.